The van der Waals surface area contributed by atoms with E-state index in [1.165, 1.54) is 5.57 Å². The van der Waals surface area contributed by atoms with Crippen LogP contribution in [0.2, 0.25) is 0 Å². The van der Waals surface area contributed by atoms with Crippen molar-refractivity contribution in [3.63, 3.8) is 0 Å². The van der Waals surface area contributed by atoms with Gasteiger partial charge in [-0.25, -0.2) is 0 Å². The molecule has 1 aromatic rings. The number of esters is 1. The molecule has 6 atom stereocenters. The fraction of sp³-hybridized carbons (Fsp3) is 0.625. The first-order chi connectivity index (χ1) is 14.4. The molecule has 30 heavy (non-hydrogen) atoms. The zero-order valence-corrected chi connectivity index (χ0v) is 18.4. The third kappa shape index (κ3) is 4.27. The highest BCUT2D eigenvalue weighted by atomic mass is 16.6. The summed E-state index contributed by atoms with van der Waals surface area (Å²) >= 11 is 0. The molecule has 6 heteroatoms. The molecule has 4 rings (SSSR count). The third-order valence-corrected chi connectivity index (χ3v) is 6.73. The van der Waals surface area contributed by atoms with E-state index in [0.717, 1.165) is 31.6 Å². The van der Waals surface area contributed by atoms with E-state index in [0.29, 0.717) is 0 Å². The van der Waals surface area contributed by atoms with Crippen molar-refractivity contribution in [3.05, 3.63) is 42.0 Å². The Bertz CT molecular complexity index is 786. The number of para-hydroxylation sites is 1. The second kappa shape index (κ2) is 8.33. The van der Waals surface area contributed by atoms with Gasteiger partial charge >= 0.3 is 5.97 Å². The highest BCUT2D eigenvalue weighted by Crippen LogP contribution is 2.59. The second-order valence-electron chi connectivity index (χ2n) is 9.13. The molecule has 0 amide bonds. The van der Waals surface area contributed by atoms with Crippen molar-refractivity contribution in [2.45, 2.75) is 69.5 Å². The van der Waals surface area contributed by atoms with Gasteiger partial charge in [0.1, 0.15) is 30.0 Å². The van der Waals surface area contributed by atoms with E-state index in [-0.39, 0.29) is 47.9 Å². The van der Waals surface area contributed by atoms with Gasteiger partial charge in [-0.05, 0) is 52.2 Å². The Morgan fingerprint density at radius 1 is 1.30 bits per heavy atom. The summed E-state index contributed by atoms with van der Waals surface area (Å²) in [6.45, 7) is 7.20. The van der Waals surface area contributed by atoms with Gasteiger partial charge in [0.2, 0.25) is 0 Å². The summed E-state index contributed by atoms with van der Waals surface area (Å²) in [6.07, 6.45) is 4.29. The number of nitrogens with one attached hydrogen (secondary N) is 1. The molecule has 1 aliphatic carbocycles. The molecule has 1 N–H and O–H groups in total. The quantitative estimate of drug-likeness (QED) is 0.396. The fourth-order valence-electron chi connectivity index (χ4n) is 5.01. The number of allylic oxidation sites excluding steroid dienone is 1. The average Bonchev–Trinajstić information content (AvgIpc) is 3.64. The van der Waals surface area contributed by atoms with E-state index < -0.39 is 0 Å². The summed E-state index contributed by atoms with van der Waals surface area (Å²) in [5, 5.41) is 3.11. The Morgan fingerprint density at radius 2 is 2.03 bits per heavy atom. The van der Waals surface area contributed by atoms with E-state index in [2.05, 4.69) is 32.2 Å². The van der Waals surface area contributed by atoms with Gasteiger partial charge in [-0.3, -0.25) is 4.79 Å². The average molecular weight is 416 g/mol. The van der Waals surface area contributed by atoms with Gasteiger partial charge in [-0.15, -0.1) is 0 Å². The van der Waals surface area contributed by atoms with Gasteiger partial charge in [0.25, 0.3) is 0 Å². The standard InChI is InChI=1S/C24H33NO5/c1-16(2)10-11-19-23(3,30-19)22-21(27-4)18(12-13-24(22)15-28-24)29-20(26)14-25-17-8-6-5-7-9-17/h5-10,18-19,21-22,25H,11-15H2,1-4H3/t18-,19-,21-,22-,23-,24+/m1/s1. The molecule has 1 spiro atoms. The smallest absolute Gasteiger partial charge is 0.325 e. The number of benzene rings is 1. The number of anilines is 1. The summed E-state index contributed by atoms with van der Waals surface area (Å²) < 4.78 is 24.0. The Balaban J connectivity index is 1.41. The zero-order valence-electron chi connectivity index (χ0n) is 18.4. The number of epoxide rings is 2. The molecule has 0 bridgehead atoms. The van der Waals surface area contributed by atoms with Gasteiger partial charge in [0, 0.05) is 12.8 Å². The summed E-state index contributed by atoms with van der Waals surface area (Å²) in [4.78, 5) is 12.5. The maximum atomic E-state index is 12.5. The van der Waals surface area contributed by atoms with E-state index in [1.807, 2.05) is 30.3 Å². The van der Waals surface area contributed by atoms with Gasteiger partial charge in [-0.1, -0.05) is 29.8 Å². The summed E-state index contributed by atoms with van der Waals surface area (Å²) in [5.41, 5.74) is 1.65. The first-order valence-corrected chi connectivity index (χ1v) is 10.8. The van der Waals surface area contributed by atoms with Crippen molar-refractivity contribution < 1.29 is 23.7 Å². The van der Waals surface area contributed by atoms with Crippen molar-refractivity contribution in [1.82, 2.24) is 0 Å². The number of rotatable bonds is 8. The monoisotopic (exact) mass is 415 g/mol. The van der Waals surface area contributed by atoms with Crippen LogP contribution >= 0.6 is 0 Å². The lowest BCUT2D eigenvalue weighted by atomic mass is 9.68. The predicted octanol–water partition coefficient (Wildman–Crippen LogP) is 3.72. The first-order valence-electron chi connectivity index (χ1n) is 10.8. The van der Waals surface area contributed by atoms with Crippen molar-refractivity contribution in [2.75, 3.05) is 25.6 Å². The highest BCUT2D eigenvalue weighted by molar-refractivity contribution is 5.75. The highest BCUT2D eigenvalue weighted by Gasteiger charge is 2.72. The summed E-state index contributed by atoms with van der Waals surface area (Å²) in [7, 11) is 1.69. The molecule has 0 aromatic heterocycles. The van der Waals surface area contributed by atoms with Gasteiger partial charge in [-0.2, -0.15) is 0 Å². The topological polar surface area (TPSA) is 72.6 Å². The van der Waals surface area contributed by atoms with Crippen molar-refractivity contribution in [1.29, 1.82) is 0 Å². The Hall–Kier alpha value is -1.89. The van der Waals surface area contributed by atoms with Gasteiger partial charge < -0.3 is 24.3 Å². The second-order valence-corrected chi connectivity index (χ2v) is 9.13. The number of carbonyl (C=O) groups is 1. The van der Waals surface area contributed by atoms with E-state index in [1.54, 1.807) is 7.11 Å². The van der Waals surface area contributed by atoms with Crippen LogP contribution < -0.4 is 5.32 Å². The normalized spacial score (nSPS) is 36.8. The molecule has 6 nitrogen and oxygen atoms in total. The fourth-order valence-corrected chi connectivity index (χ4v) is 5.01. The lowest BCUT2D eigenvalue weighted by Crippen LogP contribution is -2.55. The lowest BCUT2D eigenvalue weighted by molar-refractivity contribution is -0.170. The minimum Gasteiger partial charge on any atom is -0.458 e. The molecule has 1 aromatic carbocycles. The van der Waals surface area contributed by atoms with Gasteiger partial charge in [0.05, 0.1) is 18.6 Å². The van der Waals surface area contributed by atoms with Gasteiger partial charge in [0.15, 0.2) is 0 Å². The molecule has 3 aliphatic rings. The molecule has 0 unspecified atom stereocenters. The number of hydrogen-bond donors (Lipinski definition) is 1. The van der Waals surface area contributed by atoms with Crippen molar-refractivity contribution in [2.24, 2.45) is 5.92 Å². The maximum absolute atomic E-state index is 12.5. The van der Waals surface area contributed by atoms with Crippen LogP contribution in [-0.4, -0.2) is 55.7 Å². The van der Waals surface area contributed by atoms with Crippen LogP contribution in [-0.2, 0) is 23.7 Å². The van der Waals surface area contributed by atoms with Crippen LogP contribution in [0.4, 0.5) is 5.69 Å². The van der Waals surface area contributed by atoms with Crippen LogP contribution in [0.1, 0.15) is 40.0 Å². The van der Waals surface area contributed by atoms with Crippen molar-refractivity contribution >= 4 is 11.7 Å². The lowest BCUT2D eigenvalue weighted by Gasteiger charge is -2.42. The van der Waals surface area contributed by atoms with Crippen LogP contribution in [0.25, 0.3) is 0 Å². The predicted molar refractivity (Wildman–Crippen MR) is 114 cm³/mol. The number of hydrogen-bond acceptors (Lipinski definition) is 6. The molecule has 3 fully saturated rings. The summed E-state index contributed by atoms with van der Waals surface area (Å²) in [5.74, 6) is -0.237. The van der Waals surface area contributed by atoms with Crippen LogP contribution in [0.15, 0.2) is 42.0 Å². The van der Waals surface area contributed by atoms with Crippen LogP contribution in [0, 0.1) is 5.92 Å². The largest absolute Gasteiger partial charge is 0.458 e. The molecule has 164 valence electrons. The molecular weight excluding hydrogens is 382 g/mol. The molecule has 2 aliphatic heterocycles. The van der Waals surface area contributed by atoms with E-state index in [9.17, 15) is 4.79 Å². The first kappa shape index (κ1) is 21.3. The Labute approximate surface area is 178 Å². The molecule has 1 saturated carbocycles. The maximum Gasteiger partial charge on any atom is 0.325 e. The van der Waals surface area contributed by atoms with Crippen LogP contribution in [0.3, 0.4) is 0 Å². The minimum absolute atomic E-state index is 0.0409. The number of methoxy groups -OCH3 is 1. The summed E-state index contributed by atoms with van der Waals surface area (Å²) in [6, 6.07) is 9.65. The van der Waals surface area contributed by atoms with Crippen LogP contribution in [0.5, 0.6) is 0 Å². The number of ether oxygens (including phenoxy) is 4. The number of carbonyl (C=O) groups excluding carboxylic acids is 1. The molecule has 2 saturated heterocycles. The van der Waals surface area contributed by atoms with E-state index in [4.69, 9.17) is 18.9 Å². The molecule has 0 radical (unpaired) electrons. The Kier molecular flexibility index (Phi) is 5.93. The van der Waals surface area contributed by atoms with Crippen molar-refractivity contribution in [3.8, 4) is 0 Å². The van der Waals surface area contributed by atoms with E-state index >= 15 is 0 Å². The minimum atomic E-state index is -0.323. The molecule has 2 heterocycles. The zero-order chi connectivity index (χ0) is 21.4. The SMILES string of the molecule is CO[C@@H]1[C@H](OC(=O)CNc2ccccc2)CC[C@]2(CO2)[C@H]1[C@]1(C)O[C@@H]1CC=C(C)C. The third-order valence-electron chi connectivity index (χ3n) is 6.73. The Morgan fingerprint density at radius 3 is 2.67 bits per heavy atom. The molecular formula is C24H33NO5.